The zero-order chi connectivity index (χ0) is 13.4. The van der Waals surface area contributed by atoms with Gasteiger partial charge in [-0.05, 0) is 37.8 Å². The van der Waals surface area contributed by atoms with Gasteiger partial charge in [-0.2, -0.15) is 0 Å². The minimum absolute atomic E-state index is 0.589. The lowest BCUT2D eigenvalue weighted by molar-refractivity contribution is 0.410. The number of aryl methyl sites for hydroxylation is 1. The van der Waals surface area contributed by atoms with Crippen molar-refractivity contribution >= 4 is 0 Å². The van der Waals surface area contributed by atoms with Crippen LogP contribution in [0.4, 0.5) is 0 Å². The Kier molecular flexibility index (Phi) is 7.04. The number of benzene rings is 1. The molecule has 1 heteroatoms. The second kappa shape index (κ2) is 8.31. The maximum absolute atomic E-state index is 3.59. The van der Waals surface area contributed by atoms with Crippen molar-refractivity contribution in [1.29, 1.82) is 0 Å². The number of nitrogens with one attached hydrogen (secondary N) is 1. The first-order chi connectivity index (χ1) is 8.61. The maximum Gasteiger partial charge on any atom is 0.00104 e. The molecule has 0 aliphatic carbocycles. The molecule has 0 aromatic heterocycles. The molecule has 1 N–H and O–H groups in total. The van der Waals surface area contributed by atoms with Crippen LogP contribution < -0.4 is 5.32 Å². The van der Waals surface area contributed by atoms with Gasteiger partial charge >= 0.3 is 0 Å². The van der Waals surface area contributed by atoms with E-state index in [1.807, 2.05) is 0 Å². The summed E-state index contributed by atoms with van der Waals surface area (Å²) in [6, 6.07) is 9.54. The van der Waals surface area contributed by atoms with Gasteiger partial charge < -0.3 is 5.32 Å². The molecule has 0 fully saturated rings. The molecule has 0 spiro atoms. The molecule has 1 atom stereocenters. The normalized spacial score (nSPS) is 12.9. The standard InChI is InChI=1S/C17H29N/c1-5-6-9-17(13-18-14(2)3)12-16-10-7-8-15(4)11-16/h7-8,10-11,14,17-18H,5-6,9,12-13H2,1-4H3. The Labute approximate surface area is 113 Å². The van der Waals surface area contributed by atoms with Crippen LogP contribution in [0.25, 0.3) is 0 Å². The summed E-state index contributed by atoms with van der Waals surface area (Å²) in [5.74, 6) is 0.772. The average molecular weight is 247 g/mol. The Balaban J connectivity index is 2.53. The van der Waals surface area contributed by atoms with Gasteiger partial charge in [-0.25, -0.2) is 0 Å². The molecule has 0 aliphatic heterocycles. The lowest BCUT2D eigenvalue weighted by atomic mass is 9.93. The van der Waals surface area contributed by atoms with Crippen molar-refractivity contribution in [1.82, 2.24) is 5.32 Å². The van der Waals surface area contributed by atoms with Gasteiger partial charge in [-0.1, -0.05) is 63.4 Å². The summed E-state index contributed by atoms with van der Waals surface area (Å²) in [5.41, 5.74) is 2.86. The SMILES string of the molecule is CCCCC(CNC(C)C)Cc1cccc(C)c1. The van der Waals surface area contributed by atoms with Crippen LogP contribution in [-0.2, 0) is 6.42 Å². The van der Waals surface area contributed by atoms with Gasteiger partial charge in [0.25, 0.3) is 0 Å². The molecule has 1 unspecified atom stereocenters. The van der Waals surface area contributed by atoms with Gasteiger partial charge in [0.15, 0.2) is 0 Å². The van der Waals surface area contributed by atoms with E-state index in [2.05, 4.69) is 57.3 Å². The summed E-state index contributed by atoms with van der Waals surface area (Å²) in [5, 5.41) is 3.59. The fraction of sp³-hybridized carbons (Fsp3) is 0.647. The predicted molar refractivity (Wildman–Crippen MR) is 81.0 cm³/mol. The van der Waals surface area contributed by atoms with Crippen LogP contribution in [0, 0.1) is 12.8 Å². The maximum atomic E-state index is 3.59. The minimum atomic E-state index is 0.589. The molecule has 102 valence electrons. The van der Waals surface area contributed by atoms with E-state index in [4.69, 9.17) is 0 Å². The fourth-order valence-electron chi connectivity index (χ4n) is 2.34. The first kappa shape index (κ1) is 15.2. The molecule has 1 nitrogen and oxygen atoms in total. The molecule has 1 rings (SSSR count). The zero-order valence-electron chi connectivity index (χ0n) is 12.5. The van der Waals surface area contributed by atoms with E-state index in [1.54, 1.807) is 0 Å². The second-order valence-electron chi connectivity index (χ2n) is 5.76. The Morgan fingerprint density at radius 3 is 2.61 bits per heavy atom. The van der Waals surface area contributed by atoms with Gasteiger partial charge in [-0.3, -0.25) is 0 Å². The lowest BCUT2D eigenvalue weighted by Gasteiger charge is -2.19. The van der Waals surface area contributed by atoms with Crippen LogP contribution in [0.3, 0.4) is 0 Å². The summed E-state index contributed by atoms with van der Waals surface area (Å²) in [6.07, 6.45) is 5.19. The highest BCUT2D eigenvalue weighted by atomic mass is 14.9. The van der Waals surface area contributed by atoms with E-state index >= 15 is 0 Å². The highest BCUT2D eigenvalue weighted by molar-refractivity contribution is 5.22. The summed E-state index contributed by atoms with van der Waals surface area (Å²) in [4.78, 5) is 0. The molecule has 0 radical (unpaired) electrons. The van der Waals surface area contributed by atoms with Gasteiger partial charge in [0, 0.05) is 6.04 Å². The Bertz CT molecular complexity index is 330. The molecule has 0 heterocycles. The van der Waals surface area contributed by atoms with E-state index in [-0.39, 0.29) is 0 Å². The first-order valence-electron chi connectivity index (χ1n) is 7.40. The molecule has 0 amide bonds. The quantitative estimate of drug-likeness (QED) is 0.720. The third-order valence-electron chi connectivity index (χ3n) is 3.39. The molecular weight excluding hydrogens is 218 g/mol. The molecule has 0 aliphatic rings. The smallest absolute Gasteiger partial charge is 0.00104 e. The number of hydrogen-bond acceptors (Lipinski definition) is 1. The zero-order valence-corrected chi connectivity index (χ0v) is 12.5. The Morgan fingerprint density at radius 1 is 1.22 bits per heavy atom. The van der Waals surface area contributed by atoms with Crippen molar-refractivity contribution in [3.8, 4) is 0 Å². The summed E-state index contributed by atoms with van der Waals surface area (Å²) >= 11 is 0. The van der Waals surface area contributed by atoms with E-state index < -0.39 is 0 Å². The van der Waals surface area contributed by atoms with Crippen molar-refractivity contribution in [2.45, 2.75) is 59.4 Å². The van der Waals surface area contributed by atoms with Crippen LogP contribution in [0.2, 0.25) is 0 Å². The molecule has 1 aromatic rings. The Hall–Kier alpha value is -0.820. The molecule has 18 heavy (non-hydrogen) atoms. The average Bonchev–Trinajstić information content (AvgIpc) is 2.32. The van der Waals surface area contributed by atoms with E-state index in [1.165, 1.54) is 36.8 Å². The van der Waals surface area contributed by atoms with Gasteiger partial charge in [0.2, 0.25) is 0 Å². The van der Waals surface area contributed by atoms with Crippen LogP contribution >= 0.6 is 0 Å². The van der Waals surface area contributed by atoms with Crippen LogP contribution in [-0.4, -0.2) is 12.6 Å². The van der Waals surface area contributed by atoms with Crippen molar-refractivity contribution in [3.05, 3.63) is 35.4 Å². The molecular formula is C17H29N. The van der Waals surface area contributed by atoms with Crippen molar-refractivity contribution in [3.63, 3.8) is 0 Å². The van der Waals surface area contributed by atoms with Gasteiger partial charge in [0.1, 0.15) is 0 Å². The van der Waals surface area contributed by atoms with E-state index in [0.717, 1.165) is 12.5 Å². The fourth-order valence-corrected chi connectivity index (χ4v) is 2.34. The topological polar surface area (TPSA) is 12.0 Å². The number of hydrogen-bond donors (Lipinski definition) is 1. The third-order valence-corrected chi connectivity index (χ3v) is 3.39. The first-order valence-corrected chi connectivity index (χ1v) is 7.40. The summed E-state index contributed by atoms with van der Waals surface area (Å²) < 4.78 is 0. The van der Waals surface area contributed by atoms with E-state index in [0.29, 0.717) is 6.04 Å². The highest BCUT2D eigenvalue weighted by Crippen LogP contribution is 2.16. The Morgan fingerprint density at radius 2 is 2.00 bits per heavy atom. The molecule has 0 saturated carbocycles. The minimum Gasteiger partial charge on any atom is -0.314 e. The monoisotopic (exact) mass is 247 g/mol. The molecule has 0 bridgehead atoms. The highest BCUT2D eigenvalue weighted by Gasteiger charge is 2.10. The van der Waals surface area contributed by atoms with Crippen molar-refractivity contribution in [2.24, 2.45) is 5.92 Å². The van der Waals surface area contributed by atoms with Crippen LogP contribution in [0.5, 0.6) is 0 Å². The second-order valence-corrected chi connectivity index (χ2v) is 5.76. The summed E-state index contributed by atoms with van der Waals surface area (Å²) in [6.45, 7) is 10.1. The summed E-state index contributed by atoms with van der Waals surface area (Å²) in [7, 11) is 0. The van der Waals surface area contributed by atoms with Crippen LogP contribution in [0.15, 0.2) is 24.3 Å². The number of rotatable bonds is 8. The lowest BCUT2D eigenvalue weighted by Crippen LogP contribution is -2.30. The van der Waals surface area contributed by atoms with Crippen LogP contribution in [0.1, 0.15) is 51.2 Å². The predicted octanol–water partition coefficient (Wildman–Crippen LogP) is 4.34. The van der Waals surface area contributed by atoms with Crippen molar-refractivity contribution in [2.75, 3.05) is 6.54 Å². The van der Waals surface area contributed by atoms with Gasteiger partial charge in [-0.15, -0.1) is 0 Å². The van der Waals surface area contributed by atoms with Gasteiger partial charge in [0.05, 0.1) is 0 Å². The largest absolute Gasteiger partial charge is 0.314 e. The molecule has 1 aromatic carbocycles. The van der Waals surface area contributed by atoms with Crippen molar-refractivity contribution < 1.29 is 0 Å². The van der Waals surface area contributed by atoms with E-state index in [9.17, 15) is 0 Å². The number of unbranched alkanes of at least 4 members (excludes halogenated alkanes) is 1. The molecule has 0 saturated heterocycles. The third kappa shape index (κ3) is 6.20.